The molecule has 63 heavy (non-hydrogen) atoms. The van der Waals surface area contributed by atoms with Crippen LogP contribution in [0.3, 0.4) is 0 Å². The second-order valence-electron chi connectivity index (χ2n) is 21.0. The van der Waals surface area contributed by atoms with Crippen molar-refractivity contribution in [1.82, 2.24) is 0 Å². The number of cyclic esters (lactones) is 4. The second-order valence-corrected chi connectivity index (χ2v) is 21.0. The lowest BCUT2D eigenvalue weighted by atomic mass is 9.42. The fraction of sp³-hybridized carbons (Fsp3) is 0.491. The minimum Gasteiger partial charge on any atom is -0.457 e. The highest BCUT2D eigenvalue weighted by Crippen LogP contribution is 2.70. The summed E-state index contributed by atoms with van der Waals surface area (Å²) in [5.74, 6) is 5.72. The zero-order valence-electron chi connectivity index (χ0n) is 37.3. The summed E-state index contributed by atoms with van der Waals surface area (Å²) in [6.07, 6.45) is 14.5. The quantitative estimate of drug-likeness (QED) is 0.109. The molecule has 10 unspecified atom stereocenters. The van der Waals surface area contributed by atoms with Gasteiger partial charge in [0.2, 0.25) is 0 Å². The van der Waals surface area contributed by atoms with Crippen LogP contribution in [0.2, 0.25) is 0 Å². The minimum absolute atomic E-state index is 0.226. The Kier molecular flexibility index (Phi) is 10.7. The third kappa shape index (κ3) is 7.39. The predicted octanol–water partition coefficient (Wildman–Crippen LogP) is 13.5. The van der Waals surface area contributed by atoms with E-state index in [2.05, 4.69) is 58.9 Å². The molecular weight excluding hydrogens is 789 g/mol. The van der Waals surface area contributed by atoms with Gasteiger partial charge in [0.15, 0.2) is 0 Å². The summed E-state index contributed by atoms with van der Waals surface area (Å²) in [7, 11) is 0. The average molecular weight is 849 g/mol. The van der Waals surface area contributed by atoms with E-state index in [-0.39, 0.29) is 33.6 Å². The van der Waals surface area contributed by atoms with E-state index in [1.54, 1.807) is 36.4 Å². The number of hydrogen-bond acceptors (Lipinski definition) is 8. The third-order valence-electron chi connectivity index (χ3n) is 17.3. The molecule has 8 heteroatoms. The van der Waals surface area contributed by atoms with Gasteiger partial charge in [-0.2, -0.15) is 0 Å². The lowest BCUT2D eigenvalue weighted by Crippen LogP contribution is -2.54. The molecular formula is C55H60O8. The Morgan fingerprint density at radius 3 is 1.67 bits per heavy atom. The van der Waals surface area contributed by atoms with Crippen LogP contribution in [-0.2, 0) is 9.47 Å². The van der Waals surface area contributed by atoms with E-state index in [4.69, 9.17) is 18.9 Å². The van der Waals surface area contributed by atoms with Crippen molar-refractivity contribution < 1.29 is 38.1 Å². The Bertz CT molecular complexity index is 2450. The van der Waals surface area contributed by atoms with Crippen LogP contribution < -0.4 is 9.47 Å². The molecule has 4 saturated carbocycles. The van der Waals surface area contributed by atoms with Gasteiger partial charge in [-0.25, -0.2) is 19.2 Å². The third-order valence-corrected chi connectivity index (χ3v) is 17.3. The van der Waals surface area contributed by atoms with Gasteiger partial charge in [0.1, 0.15) is 23.0 Å². The Hall–Kier alpha value is -5.24. The van der Waals surface area contributed by atoms with E-state index in [1.807, 2.05) is 24.3 Å². The van der Waals surface area contributed by atoms with Crippen LogP contribution in [0.5, 0.6) is 23.0 Å². The number of ether oxygens (including phenoxy) is 4. The van der Waals surface area contributed by atoms with Crippen LogP contribution in [0.15, 0.2) is 84.9 Å². The molecule has 0 N–H and O–H groups in total. The maximum absolute atomic E-state index is 12.3. The van der Waals surface area contributed by atoms with Crippen LogP contribution in [0.4, 0.5) is 0 Å². The molecule has 0 radical (unpaired) electrons. The highest BCUT2D eigenvalue weighted by Gasteiger charge is 2.61. The number of fused-ring (bicyclic) bond motifs is 7. The molecule has 0 amide bonds. The highest BCUT2D eigenvalue weighted by molar-refractivity contribution is 6.15. The predicted molar refractivity (Wildman–Crippen MR) is 239 cm³/mol. The van der Waals surface area contributed by atoms with Crippen molar-refractivity contribution in [3.8, 4) is 23.0 Å². The summed E-state index contributed by atoms with van der Waals surface area (Å²) in [4.78, 5) is 48.5. The number of esters is 4. The van der Waals surface area contributed by atoms with Crippen LogP contribution in [0.1, 0.15) is 170 Å². The smallest absolute Gasteiger partial charge is 0.347 e. The molecule has 10 atom stereocenters. The van der Waals surface area contributed by atoms with E-state index in [1.165, 1.54) is 68.9 Å². The van der Waals surface area contributed by atoms with Gasteiger partial charge in [-0.05, 0) is 187 Å². The summed E-state index contributed by atoms with van der Waals surface area (Å²) in [6.45, 7) is 12.6. The molecule has 4 fully saturated rings. The first-order valence-corrected chi connectivity index (χ1v) is 23.7. The van der Waals surface area contributed by atoms with E-state index in [0.29, 0.717) is 40.2 Å². The number of hydrogen-bond donors (Lipinski definition) is 0. The number of rotatable bonds is 11. The van der Waals surface area contributed by atoms with Crippen molar-refractivity contribution in [3.05, 3.63) is 118 Å². The summed E-state index contributed by atoms with van der Waals surface area (Å²) >= 11 is 0. The van der Waals surface area contributed by atoms with Crippen molar-refractivity contribution >= 4 is 23.9 Å². The minimum atomic E-state index is -0.649. The Labute approximate surface area is 371 Å². The lowest BCUT2D eigenvalue weighted by molar-refractivity contribution is -0.120. The van der Waals surface area contributed by atoms with E-state index >= 15 is 0 Å². The molecule has 0 spiro atoms. The van der Waals surface area contributed by atoms with Crippen molar-refractivity contribution in [2.75, 3.05) is 0 Å². The van der Waals surface area contributed by atoms with Crippen molar-refractivity contribution in [2.24, 2.45) is 52.3 Å². The molecule has 0 saturated heterocycles. The molecule has 4 aliphatic carbocycles. The first-order valence-electron chi connectivity index (χ1n) is 23.7. The molecule has 0 aromatic heterocycles. The van der Waals surface area contributed by atoms with Gasteiger partial charge >= 0.3 is 23.9 Å². The fourth-order valence-corrected chi connectivity index (χ4v) is 14.2. The van der Waals surface area contributed by atoms with Gasteiger partial charge < -0.3 is 18.9 Å². The number of carbonyl (C=O) groups is 4. The van der Waals surface area contributed by atoms with Gasteiger partial charge in [0, 0.05) is 0 Å². The summed E-state index contributed by atoms with van der Waals surface area (Å²) in [5.41, 5.74) is 4.25. The van der Waals surface area contributed by atoms with E-state index < -0.39 is 23.9 Å². The summed E-state index contributed by atoms with van der Waals surface area (Å²) in [6, 6.07) is 26.7. The zero-order valence-corrected chi connectivity index (χ0v) is 37.3. The van der Waals surface area contributed by atoms with Crippen LogP contribution >= 0.6 is 0 Å². The monoisotopic (exact) mass is 848 g/mol. The van der Waals surface area contributed by atoms with Gasteiger partial charge in [0.05, 0.1) is 22.3 Å². The first-order chi connectivity index (χ1) is 30.3. The first kappa shape index (κ1) is 41.8. The molecule has 2 heterocycles. The molecule has 2 aliphatic heterocycles. The van der Waals surface area contributed by atoms with Crippen LogP contribution in [-0.4, -0.2) is 23.9 Å². The maximum atomic E-state index is 12.3. The van der Waals surface area contributed by atoms with Gasteiger partial charge in [0.25, 0.3) is 0 Å². The number of carbonyl (C=O) groups excluding carboxylic acids is 4. The SMILES string of the molecule is CC(C)CCCC(C)C1CCC2C3CCC4CC(c5ccc(Oc6ccc7c(c6)C(=O)OC7=O)cc5)C(c5ccc(Oc6ccc7c(c6)C(=O)OC7=O)cc5)CC4(C)C3CCC12C. The lowest BCUT2D eigenvalue weighted by Gasteiger charge is -2.62. The Morgan fingerprint density at radius 2 is 1.10 bits per heavy atom. The average Bonchev–Trinajstić information content (AvgIpc) is 3.87. The number of benzene rings is 4. The molecule has 10 rings (SSSR count). The largest absolute Gasteiger partial charge is 0.457 e. The van der Waals surface area contributed by atoms with E-state index in [0.717, 1.165) is 48.3 Å². The van der Waals surface area contributed by atoms with E-state index in [9.17, 15) is 19.2 Å². The van der Waals surface area contributed by atoms with Crippen LogP contribution in [0, 0.1) is 52.3 Å². The van der Waals surface area contributed by atoms with Crippen molar-refractivity contribution in [3.63, 3.8) is 0 Å². The van der Waals surface area contributed by atoms with Crippen molar-refractivity contribution in [1.29, 1.82) is 0 Å². The zero-order chi connectivity index (χ0) is 43.8. The molecule has 0 bridgehead atoms. The van der Waals surface area contributed by atoms with Gasteiger partial charge in [-0.15, -0.1) is 0 Å². The molecule has 8 nitrogen and oxygen atoms in total. The standard InChI is InChI=1S/C55H60O8/c1-31(2)7-6-8-32(3)47-23-24-48-42-20-13-35-27-43(33-9-14-36(15-10-33)60-38-18-21-40-44(28-38)52(58)62-50(40)56)46(30-55(35,5)49(42)25-26-54(47,48)4)34-11-16-37(17-12-34)61-39-19-22-41-45(29-39)53(59)63-51(41)57/h9-12,14-19,21-22,28-29,31-32,35,42-43,46-49H,6-8,13,20,23-27,30H2,1-5H3. The molecule has 328 valence electrons. The second kappa shape index (κ2) is 16.1. The molecule has 4 aromatic carbocycles. The molecule has 4 aromatic rings. The summed E-state index contributed by atoms with van der Waals surface area (Å²) < 4.78 is 22.0. The maximum Gasteiger partial charge on any atom is 0.347 e. The van der Waals surface area contributed by atoms with Gasteiger partial charge in [-0.3, -0.25) is 0 Å². The van der Waals surface area contributed by atoms with Crippen LogP contribution in [0.25, 0.3) is 0 Å². The molecule has 6 aliphatic rings. The van der Waals surface area contributed by atoms with Gasteiger partial charge in [-0.1, -0.05) is 78.1 Å². The summed E-state index contributed by atoms with van der Waals surface area (Å²) in [5, 5.41) is 0. The normalized spacial score (nSPS) is 31.0. The fourth-order valence-electron chi connectivity index (χ4n) is 14.2. The highest BCUT2D eigenvalue weighted by atomic mass is 16.6. The van der Waals surface area contributed by atoms with Crippen molar-refractivity contribution in [2.45, 2.75) is 117 Å². The Morgan fingerprint density at radius 1 is 0.571 bits per heavy atom. The Balaban J connectivity index is 0.916. The topological polar surface area (TPSA) is 105 Å².